The molecule has 1 fully saturated rings. The van der Waals surface area contributed by atoms with Crippen LogP contribution in [0.25, 0.3) is 0 Å². The van der Waals surface area contributed by atoms with Gasteiger partial charge in [-0.05, 0) is 37.2 Å². The Hall–Kier alpha value is -1.82. The quantitative estimate of drug-likeness (QED) is 0.390. The van der Waals surface area contributed by atoms with E-state index in [0.717, 1.165) is 12.8 Å². The highest BCUT2D eigenvalue weighted by Gasteiger charge is 2.13. The first kappa shape index (κ1) is 14.6. The number of phenols is 2. The number of nitrogens with zero attached hydrogens (tertiary/aromatic N) is 1. The summed E-state index contributed by atoms with van der Waals surface area (Å²) in [6.07, 6.45) is 7.53. The third-order valence-electron chi connectivity index (χ3n) is 3.32. The van der Waals surface area contributed by atoms with Gasteiger partial charge in [0.05, 0.1) is 6.21 Å². The number of rotatable bonds is 3. The maximum atomic E-state index is 9.59. The third kappa shape index (κ3) is 4.38. The molecular weight excluding hydrogens is 274 g/mol. The summed E-state index contributed by atoms with van der Waals surface area (Å²) >= 11 is 5.17. The first-order valence-electron chi connectivity index (χ1n) is 6.77. The van der Waals surface area contributed by atoms with Crippen molar-refractivity contribution in [3.05, 3.63) is 23.8 Å². The van der Waals surface area contributed by atoms with E-state index in [4.69, 9.17) is 12.2 Å². The molecule has 6 heteroatoms. The van der Waals surface area contributed by atoms with E-state index >= 15 is 0 Å². The fourth-order valence-electron chi connectivity index (χ4n) is 2.27. The van der Waals surface area contributed by atoms with Crippen molar-refractivity contribution in [3.63, 3.8) is 0 Å². The zero-order valence-corrected chi connectivity index (χ0v) is 12.0. The Morgan fingerprint density at radius 3 is 2.70 bits per heavy atom. The van der Waals surface area contributed by atoms with Crippen molar-refractivity contribution in [1.29, 1.82) is 0 Å². The average molecular weight is 293 g/mol. The van der Waals surface area contributed by atoms with Crippen molar-refractivity contribution < 1.29 is 10.2 Å². The monoisotopic (exact) mass is 293 g/mol. The van der Waals surface area contributed by atoms with Crippen LogP contribution in [0.15, 0.2) is 23.3 Å². The molecule has 5 nitrogen and oxygen atoms in total. The second-order valence-corrected chi connectivity index (χ2v) is 5.33. The first-order chi connectivity index (χ1) is 9.65. The zero-order valence-electron chi connectivity index (χ0n) is 11.2. The van der Waals surface area contributed by atoms with Crippen LogP contribution >= 0.6 is 12.2 Å². The third-order valence-corrected chi connectivity index (χ3v) is 3.53. The van der Waals surface area contributed by atoms with Gasteiger partial charge >= 0.3 is 0 Å². The highest BCUT2D eigenvalue weighted by Crippen LogP contribution is 2.20. The molecule has 0 aromatic heterocycles. The van der Waals surface area contributed by atoms with E-state index < -0.39 is 0 Å². The van der Waals surface area contributed by atoms with Crippen LogP contribution in [0.3, 0.4) is 0 Å². The average Bonchev–Trinajstić information content (AvgIpc) is 2.42. The number of aromatic hydroxyl groups is 2. The molecule has 0 atom stereocenters. The molecule has 1 aliphatic carbocycles. The Morgan fingerprint density at radius 2 is 2.00 bits per heavy atom. The molecule has 0 saturated heterocycles. The molecule has 0 radical (unpaired) electrons. The van der Waals surface area contributed by atoms with Gasteiger partial charge in [0, 0.05) is 17.7 Å². The van der Waals surface area contributed by atoms with Crippen molar-refractivity contribution in [2.75, 3.05) is 0 Å². The van der Waals surface area contributed by atoms with Gasteiger partial charge in [0.25, 0.3) is 0 Å². The van der Waals surface area contributed by atoms with E-state index in [-0.39, 0.29) is 11.5 Å². The van der Waals surface area contributed by atoms with Crippen LogP contribution in [0.1, 0.15) is 37.7 Å². The predicted octanol–water partition coefficient (Wildman–Crippen LogP) is 2.23. The van der Waals surface area contributed by atoms with Gasteiger partial charge in [0.1, 0.15) is 11.5 Å². The second kappa shape index (κ2) is 7.09. The molecule has 4 N–H and O–H groups in total. The molecule has 108 valence electrons. The van der Waals surface area contributed by atoms with Gasteiger partial charge in [-0.3, -0.25) is 5.43 Å². The molecule has 0 aliphatic heterocycles. The van der Waals surface area contributed by atoms with Crippen LogP contribution in [0.4, 0.5) is 0 Å². The molecule has 1 aliphatic rings. The number of hydrogen-bond donors (Lipinski definition) is 4. The maximum absolute atomic E-state index is 9.59. The van der Waals surface area contributed by atoms with Crippen LogP contribution < -0.4 is 10.7 Å². The van der Waals surface area contributed by atoms with Gasteiger partial charge in [-0.15, -0.1) is 0 Å². The Bertz CT molecular complexity index is 499. The topological polar surface area (TPSA) is 76.9 Å². The molecule has 1 aromatic carbocycles. The highest BCUT2D eigenvalue weighted by atomic mass is 32.1. The van der Waals surface area contributed by atoms with Crippen LogP contribution in [-0.4, -0.2) is 27.6 Å². The molecule has 2 rings (SSSR count). The fraction of sp³-hybridized carbons (Fsp3) is 0.429. The summed E-state index contributed by atoms with van der Waals surface area (Å²) in [4.78, 5) is 0. The summed E-state index contributed by atoms with van der Waals surface area (Å²) < 4.78 is 0. The number of thiocarbonyl (C=S) groups is 1. The molecular formula is C14H19N3O2S. The minimum atomic E-state index is -0.0262. The van der Waals surface area contributed by atoms with Crippen LogP contribution in [0, 0.1) is 0 Å². The smallest absolute Gasteiger partial charge is 0.187 e. The predicted molar refractivity (Wildman–Crippen MR) is 83.1 cm³/mol. The number of benzene rings is 1. The standard InChI is InChI=1S/C14H19N3O2S/c18-12-7-6-10(13(19)8-12)9-15-17-14(20)16-11-4-2-1-3-5-11/h6-9,11,18-19H,1-5H2,(H2,16,17,20)/b15-9+. The van der Waals surface area contributed by atoms with E-state index in [1.54, 1.807) is 6.07 Å². The molecule has 1 aromatic rings. The van der Waals surface area contributed by atoms with Gasteiger partial charge in [-0.2, -0.15) is 5.10 Å². The SMILES string of the molecule is Oc1ccc(/C=N/NC(=S)NC2CCCCC2)c(O)c1. The van der Waals surface area contributed by atoms with Crippen molar-refractivity contribution >= 4 is 23.5 Å². The van der Waals surface area contributed by atoms with Gasteiger partial charge in [0.15, 0.2) is 5.11 Å². The Kier molecular flexibility index (Phi) is 5.17. The number of hydrazone groups is 1. The molecule has 0 amide bonds. The van der Waals surface area contributed by atoms with Gasteiger partial charge in [-0.1, -0.05) is 19.3 Å². The highest BCUT2D eigenvalue weighted by molar-refractivity contribution is 7.80. The Labute approximate surface area is 123 Å². The van der Waals surface area contributed by atoms with Crippen LogP contribution in [0.5, 0.6) is 11.5 Å². The largest absolute Gasteiger partial charge is 0.508 e. The molecule has 1 saturated carbocycles. The van der Waals surface area contributed by atoms with Gasteiger partial charge in [-0.25, -0.2) is 0 Å². The summed E-state index contributed by atoms with van der Waals surface area (Å²) in [6, 6.07) is 4.76. The maximum Gasteiger partial charge on any atom is 0.187 e. The first-order valence-corrected chi connectivity index (χ1v) is 7.17. The van der Waals surface area contributed by atoms with Crippen LogP contribution in [0.2, 0.25) is 0 Å². The Balaban J connectivity index is 1.81. The van der Waals surface area contributed by atoms with Gasteiger partial charge in [0.2, 0.25) is 0 Å². The minimum Gasteiger partial charge on any atom is -0.508 e. The minimum absolute atomic E-state index is 0.0158. The summed E-state index contributed by atoms with van der Waals surface area (Å²) in [6.45, 7) is 0. The summed E-state index contributed by atoms with van der Waals surface area (Å²) in [7, 11) is 0. The lowest BCUT2D eigenvalue weighted by Crippen LogP contribution is -2.40. The lowest BCUT2D eigenvalue weighted by atomic mass is 9.96. The number of hydrogen-bond acceptors (Lipinski definition) is 4. The fourth-order valence-corrected chi connectivity index (χ4v) is 2.49. The molecule has 0 unspecified atom stereocenters. The molecule has 0 heterocycles. The van der Waals surface area contributed by atoms with Crippen molar-refractivity contribution in [1.82, 2.24) is 10.7 Å². The van der Waals surface area contributed by atoms with E-state index in [1.807, 2.05) is 0 Å². The molecule has 20 heavy (non-hydrogen) atoms. The van der Waals surface area contributed by atoms with Crippen molar-refractivity contribution in [3.8, 4) is 11.5 Å². The second-order valence-electron chi connectivity index (χ2n) is 4.92. The summed E-state index contributed by atoms with van der Waals surface area (Å²) in [5, 5.41) is 26.5. The van der Waals surface area contributed by atoms with E-state index in [0.29, 0.717) is 16.7 Å². The molecule has 0 spiro atoms. The van der Waals surface area contributed by atoms with E-state index in [9.17, 15) is 10.2 Å². The lowest BCUT2D eigenvalue weighted by molar-refractivity contribution is 0.412. The van der Waals surface area contributed by atoms with Crippen LogP contribution in [-0.2, 0) is 0 Å². The number of phenolic OH excluding ortho intramolecular Hbond substituents is 2. The van der Waals surface area contributed by atoms with E-state index in [1.165, 1.54) is 37.6 Å². The molecule has 0 bridgehead atoms. The van der Waals surface area contributed by atoms with E-state index in [2.05, 4.69) is 15.8 Å². The van der Waals surface area contributed by atoms with Crippen molar-refractivity contribution in [2.24, 2.45) is 5.10 Å². The lowest BCUT2D eigenvalue weighted by Gasteiger charge is -2.23. The zero-order chi connectivity index (χ0) is 14.4. The Morgan fingerprint density at radius 1 is 1.25 bits per heavy atom. The normalized spacial score (nSPS) is 16.2. The number of nitrogens with one attached hydrogen (secondary N) is 2. The van der Waals surface area contributed by atoms with Crippen molar-refractivity contribution in [2.45, 2.75) is 38.1 Å². The summed E-state index contributed by atoms with van der Waals surface area (Å²) in [5.74, 6) is -0.0104. The van der Waals surface area contributed by atoms with Gasteiger partial charge < -0.3 is 15.5 Å². The summed E-state index contributed by atoms with van der Waals surface area (Å²) in [5.41, 5.74) is 3.25.